The maximum Gasteiger partial charge on any atom is 0.416 e. The lowest BCUT2D eigenvalue weighted by Crippen LogP contribution is -2.16. The summed E-state index contributed by atoms with van der Waals surface area (Å²) < 4.78 is 44.0. The average molecular weight is 345 g/mol. The molecule has 1 heterocycles. The molecule has 3 aromatic rings. The van der Waals surface area contributed by atoms with Crippen LogP contribution >= 0.6 is 0 Å². The summed E-state index contributed by atoms with van der Waals surface area (Å²) >= 11 is 0. The molecule has 5 heteroatoms. The molecule has 0 unspecified atom stereocenters. The second-order valence-electron chi connectivity index (χ2n) is 5.76. The van der Waals surface area contributed by atoms with E-state index in [-0.39, 0.29) is 0 Å². The van der Waals surface area contributed by atoms with E-state index >= 15 is 0 Å². The van der Waals surface area contributed by atoms with E-state index in [0.717, 1.165) is 25.1 Å². The van der Waals surface area contributed by atoms with Crippen LogP contribution in [0, 0.1) is 0 Å². The van der Waals surface area contributed by atoms with Crippen molar-refractivity contribution in [2.75, 3.05) is 6.54 Å². The number of rotatable bonds is 6. The minimum atomic E-state index is -4.36. The summed E-state index contributed by atoms with van der Waals surface area (Å²) in [5.74, 6) is 1.13. The highest BCUT2D eigenvalue weighted by Crippen LogP contribution is 2.32. The Hall–Kier alpha value is -2.53. The van der Waals surface area contributed by atoms with Gasteiger partial charge in [0.15, 0.2) is 0 Å². The number of halogens is 3. The Labute approximate surface area is 144 Å². The lowest BCUT2D eigenvalue weighted by atomic mass is 10.1. The summed E-state index contributed by atoms with van der Waals surface area (Å²) in [6, 6.07) is 18.8. The van der Waals surface area contributed by atoms with Crippen molar-refractivity contribution in [1.82, 2.24) is 5.32 Å². The molecule has 1 N–H and O–H groups in total. The molecule has 0 fully saturated rings. The minimum Gasteiger partial charge on any atom is -0.460 e. The quantitative estimate of drug-likeness (QED) is 0.614. The van der Waals surface area contributed by atoms with E-state index in [1.165, 1.54) is 11.6 Å². The maximum absolute atomic E-state index is 12.8. The van der Waals surface area contributed by atoms with E-state index < -0.39 is 11.7 Å². The van der Waals surface area contributed by atoms with Crippen molar-refractivity contribution >= 4 is 0 Å². The van der Waals surface area contributed by atoms with Gasteiger partial charge in [-0.25, -0.2) is 0 Å². The molecule has 0 saturated heterocycles. The topological polar surface area (TPSA) is 25.2 Å². The molecule has 0 aliphatic heterocycles. The van der Waals surface area contributed by atoms with E-state index in [4.69, 9.17) is 4.42 Å². The van der Waals surface area contributed by atoms with Crippen LogP contribution in [-0.2, 0) is 19.1 Å². The molecule has 1 aromatic heterocycles. The van der Waals surface area contributed by atoms with Crippen LogP contribution in [0.25, 0.3) is 11.3 Å². The normalized spacial score (nSPS) is 11.6. The molecule has 0 aliphatic rings. The summed E-state index contributed by atoms with van der Waals surface area (Å²) in [5.41, 5.74) is 0.994. The van der Waals surface area contributed by atoms with Gasteiger partial charge in [-0.2, -0.15) is 13.2 Å². The summed E-state index contributed by atoms with van der Waals surface area (Å²) in [4.78, 5) is 0. The van der Waals surface area contributed by atoms with Crippen LogP contribution < -0.4 is 5.32 Å². The fourth-order valence-electron chi connectivity index (χ4n) is 2.57. The van der Waals surface area contributed by atoms with Gasteiger partial charge in [-0.3, -0.25) is 0 Å². The van der Waals surface area contributed by atoms with Gasteiger partial charge in [-0.1, -0.05) is 42.5 Å². The Bertz CT molecular complexity index is 809. The highest BCUT2D eigenvalue weighted by Gasteiger charge is 2.30. The standard InChI is InChI=1S/C20H18F3NO/c21-20(22,23)17-8-4-7-16(13-17)19-10-9-18(25-19)14-24-12-11-15-5-2-1-3-6-15/h1-10,13,24H,11-12,14H2. The first kappa shape index (κ1) is 17.3. The first-order chi connectivity index (χ1) is 12.0. The Morgan fingerprint density at radius 3 is 2.44 bits per heavy atom. The first-order valence-corrected chi connectivity index (χ1v) is 8.03. The van der Waals surface area contributed by atoms with Crippen LogP contribution in [0.2, 0.25) is 0 Å². The molecule has 3 rings (SSSR count). The molecule has 0 atom stereocenters. The molecule has 0 bridgehead atoms. The lowest BCUT2D eigenvalue weighted by molar-refractivity contribution is -0.137. The Morgan fingerprint density at radius 1 is 0.880 bits per heavy atom. The number of benzene rings is 2. The van der Waals surface area contributed by atoms with Crippen molar-refractivity contribution in [1.29, 1.82) is 0 Å². The molecular weight excluding hydrogens is 327 g/mol. The second kappa shape index (κ2) is 7.57. The van der Waals surface area contributed by atoms with Crippen LogP contribution in [0.15, 0.2) is 71.1 Å². The number of furan rings is 1. The summed E-state index contributed by atoms with van der Waals surface area (Å²) in [7, 11) is 0. The molecule has 0 amide bonds. The third-order valence-electron chi connectivity index (χ3n) is 3.87. The first-order valence-electron chi connectivity index (χ1n) is 8.03. The highest BCUT2D eigenvalue weighted by molar-refractivity contribution is 5.58. The molecule has 0 radical (unpaired) electrons. The van der Waals surface area contributed by atoms with E-state index in [0.29, 0.717) is 23.6 Å². The van der Waals surface area contributed by atoms with E-state index in [1.807, 2.05) is 18.2 Å². The predicted octanol–water partition coefficient (Wildman–Crippen LogP) is 5.30. The molecule has 2 aromatic carbocycles. The van der Waals surface area contributed by atoms with Gasteiger partial charge in [0.1, 0.15) is 11.5 Å². The lowest BCUT2D eigenvalue weighted by Gasteiger charge is -2.07. The van der Waals surface area contributed by atoms with Crippen LogP contribution in [0.5, 0.6) is 0 Å². The number of alkyl halides is 3. The largest absolute Gasteiger partial charge is 0.460 e. The maximum atomic E-state index is 12.8. The minimum absolute atomic E-state index is 0.422. The van der Waals surface area contributed by atoms with Crippen molar-refractivity contribution in [3.63, 3.8) is 0 Å². The average Bonchev–Trinajstić information content (AvgIpc) is 3.08. The third-order valence-corrected chi connectivity index (χ3v) is 3.87. The van der Waals surface area contributed by atoms with Crippen molar-refractivity contribution < 1.29 is 17.6 Å². The van der Waals surface area contributed by atoms with E-state index in [9.17, 15) is 13.2 Å². The predicted molar refractivity (Wildman–Crippen MR) is 91.0 cm³/mol. The van der Waals surface area contributed by atoms with Gasteiger partial charge in [0, 0.05) is 5.56 Å². The summed E-state index contributed by atoms with van der Waals surface area (Å²) in [6.07, 6.45) is -3.45. The molecule has 25 heavy (non-hydrogen) atoms. The van der Waals surface area contributed by atoms with Crippen molar-refractivity contribution in [3.8, 4) is 11.3 Å². The van der Waals surface area contributed by atoms with Crippen LogP contribution in [0.1, 0.15) is 16.9 Å². The fraction of sp³-hybridized carbons (Fsp3) is 0.200. The summed E-state index contributed by atoms with van der Waals surface area (Å²) in [5, 5.41) is 3.28. The zero-order chi connectivity index (χ0) is 17.7. The van der Waals surface area contributed by atoms with Gasteiger partial charge in [-0.05, 0) is 42.8 Å². The van der Waals surface area contributed by atoms with E-state index in [2.05, 4.69) is 17.4 Å². The van der Waals surface area contributed by atoms with Crippen LogP contribution in [0.4, 0.5) is 13.2 Å². The van der Waals surface area contributed by atoms with Crippen molar-refractivity contribution in [2.45, 2.75) is 19.1 Å². The molecule has 2 nitrogen and oxygen atoms in total. The van der Waals surface area contributed by atoms with Gasteiger partial charge in [-0.15, -0.1) is 0 Å². The highest BCUT2D eigenvalue weighted by atomic mass is 19.4. The van der Waals surface area contributed by atoms with Gasteiger partial charge in [0.25, 0.3) is 0 Å². The fourth-order valence-corrected chi connectivity index (χ4v) is 2.57. The van der Waals surface area contributed by atoms with E-state index in [1.54, 1.807) is 18.2 Å². The van der Waals surface area contributed by atoms with Crippen molar-refractivity contribution in [2.24, 2.45) is 0 Å². The van der Waals surface area contributed by atoms with Crippen LogP contribution in [0.3, 0.4) is 0 Å². The van der Waals surface area contributed by atoms with Gasteiger partial charge in [0.2, 0.25) is 0 Å². The Kier molecular flexibility index (Phi) is 5.24. The number of hydrogen-bond acceptors (Lipinski definition) is 2. The Balaban J connectivity index is 1.57. The molecule has 130 valence electrons. The third kappa shape index (κ3) is 4.73. The molecule has 0 saturated carbocycles. The number of hydrogen-bond donors (Lipinski definition) is 1. The molecular formula is C20H18F3NO. The van der Waals surface area contributed by atoms with Crippen LogP contribution in [-0.4, -0.2) is 6.54 Å². The Morgan fingerprint density at radius 2 is 1.68 bits per heavy atom. The summed E-state index contributed by atoms with van der Waals surface area (Å²) in [6.45, 7) is 1.33. The SMILES string of the molecule is FC(F)(F)c1cccc(-c2ccc(CNCCc3ccccc3)o2)c1. The molecule has 0 spiro atoms. The van der Waals surface area contributed by atoms with Gasteiger partial charge in [0.05, 0.1) is 12.1 Å². The zero-order valence-corrected chi connectivity index (χ0v) is 13.5. The number of nitrogens with one attached hydrogen (secondary N) is 1. The molecule has 0 aliphatic carbocycles. The van der Waals surface area contributed by atoms with Crippen molar-refractivity contribution in [3.05, 3.63) is 83.6 Å². The van der Waals surface area contributed by atoms with Gasteiger partial charge >= 0.3 is 6.18 Å². The monoisotopic (exact) mass is 345 g/mol. The second-order valence-corrected chi connectivity index (χ2v) is 5.76. The smallest absolute Gasteiger partial charge is 0.416 e. The zero-order valence-electron chi connectivity index (χ0n) is 13.5. The van der Waals surface area contributed by atoms with Gasteiger partial charge < -0.3 is 9.73 Å².